The predicted octanol–water partition coefficient (Wildman–Crippen LogP) is 1.76. The highest BCUT2D eigenvalue weighted by atomic mass is 16.2. The van der Waals surface area contributed by atoms with Crippen LogP contribution in [0.4, 0.5) is 0 Å². The summed E-state index contributed by atoms with van der Waals surface area (Å²) in [5, 5.41) is 0. The zero-order valence-electron chi connectivity index (χ0n) is 8.95. The van der Waals surface area contributed by atoms with Gasteiger partial charge < -0.3 is 4.90 Å². The third-order valence-corrected chi connectivity index (χ3v) is 2.30. The van der Waals surface area contributed by atoms with Gasteiger partial charge in [-0.1, -0.05) is 6.07 Å². The van der Waals surface area contributed by atoms with Crippen LogP contribution in [-0.4, -0.2) is 22.3 Å². The molecule has 3 heteroatoms. The van der Waals surface area contributed by atoms with E-state index in [9.17, 15) is 4.79 Å². The summed E-state index contributed by atoms with van der Waals surface area (Å²) in [6.07, 6.45) is 1.77. The maximum absolute atomic E-state index is 11.2. The van der Waals surface area contributed by atoms with Gasteiger partial charge in [-0.15, -0.1) is 0 Å². The number of hydrogen-bond acceptors (Lipinski definition) is 2. The second-order valence-corrected chi connectivity index (χ2v) is 3.28. The molecular formula is C11H16N2O. The molecule has 0 saturated carbocycles. The fourth-order valence-corrected chi connectivity index (χ4v) is 1.34. The molecule has 0 aliphatic carbocycles. The summed E-state index contributed by atoms with van der Waals surface area (Å²) in [5.74, 6) is 0.107. The number of aromatic nitrogens is 1. The SMILES string of the molecule is CCN(Cc1cccnc1C)C(C)=O. The zero-order chi connectivity index (χ0) is 10.6. The van der Waals surface area contributed by atoms with Crippen LogP contribution in [-0.2, 0) is 11.3 Å². The summed E-state index contributed by atoms with van der Waals surface area (Å²) in [6, 6.07) is 3.91. The molecule has 0 aliphatic heterocycles. The van der Waals surface area contributed by atoms with Gasteiger partial charge in [-0.3, -0.25) is 9.78 Å². The highest BCUT2D eigenvalue weighted by molar-refractivity contribution is 5.73. The first-order chi connectivity index (χ1) is 6.65. The number of carbonyl (C=O) groups excluding carboxylic acids is 1. The number of carbonyl (C=O) groups is 1. The van der Waals surface area contributed by atoms with Gasteiger partial charge in [0.15, 0.2) is 0 Å². The molecule has 1 aromatic heterocycles. The molecule has 0 N–H and O–H groups in total. The van der Waals surface area contributed by atoms with Crippen molar-refractivity contribution in [1.82, 2.24) is 9.88 Å². The molecule has 0 bridgehead atoms. The minimum Gasteiger partial charge on any atom is -0.339 e. The van der Waals surface area contributed by atoms with Crippen LogP contribution in [0.5, 0.6) is 0 Å². The Labute approximate surface area is 84.8 Å². The Morgan fingerprint density at radius 3 is 2.79 bits per heavy atom. The molecule has 14 heavy (non-hydrogen) atoms. The van der Waals surface area contributed by atoms with Crippen molar-refractivity contribution in [1.29, 1.82) is 0 Å². The number of nitrogens with zero attached hydrogens (tertiary/aromatic N) is 2. The van der Waals surface area contributed by atoms with Crippen LogP contribution in [0.1, 0.15) is 25.1 Å². The second kappa shape index (κ2) is 4.74. The Bertz CT molecular complexity index is 323. The topological polar surface area (TPSA) is 33.2 Å². The van der Waals surface area contributed by atoms with Crippen LogP contribution in [0.25, 0.3) is 0 Å². The molecule has 1 heterocycles. The Hall–Kier alpha value is -1.38. The Balaban J connectivity index is 2.77. The molecule has 3 nitrogen and oxygen atoms in total. The summed E-state index contributed by atoms with van der Waals surface area (Å²) in [5.41, 5.74) is 2.11. The van der Waals surface area contributed by atoms with Crippen molar-refractivity contribution in [2.24, 2.45) is 0 Å². The first-order valence-electron chi connectivity index (χ1n) is 4.81. The summed E-state index contributed by atoms with van der Waals surface area (Å²) in [4.78, 5) is 17.2. The molecule has 0 spiro atoms. The van der Waals surface area contributed by atoms with E-state index in [0.717, 1.165) is 17.8 Å². The number of hydrogen-bond donors (Lipinski definition) is 0. The van der Waals surface area contributed by atoms with Crippen molar-refractivity contribution in [3.05, 3.63) is 29.6 Å². The Morgan fingerprint density at radius 2 is 2.29 bits per heavy atom. The van der Waals surface area contributed by atoms with Crippen molar-refractivity contribution in [2.75, 3.05) is 6.54 Å². The molecule has 1 aromatic rings. The molecular weight excluding hydrogens is 176 g/mol. The summed E-state index contributed by atoms with van der Waals surface area (Å²) in [7, 11) is 0. The maximum atomic E-state index is 11.2. The van der Waals surface area contributed by atoms with Gasteiger partial charge in [-0.2, -0.15) is 0 Å². The number of aryl methyl sites for hydroxylation is 1. The van der Waals surface area contributed by atoms with Crippen molar-refractivity contribution in [3.8, 4) is 0 Å². The lowest BCUT2D eigenvalue weighted by Crippen LogP contribution is -2.28. The lowest BCUT2D eigenvalue weighted by molar-refractivity contribution is -0.129. The lowest BCUT2D eigenvalue weighted by atomic mass is 10.2. The largest absolute Gasteiger partial charge is 0.339 e. The monoisotopic (exact) mass is 192 g/mol. The highest BCUT2D eigenvalue weighted by Gasteiger charge is 2.08. The second-order valence-electron chi connectivity index (χ2n) is 3.28. The predicted molar refractivity (Wildman–Crippen MR) is 55.7 cm³/mol. The van der Waals surface area contributed by atoms with E-state index in [1.54, 1.807) is 18.0 Å². The first-order valence-corrected chi connectivity index (χ1v) is 4.81. The summed E-state index contributed by atoms with van der Waals surface area (Å²) < 4.78 is 0. The average Bonchev–Trinajstić information content (AvgIpc) is 2.16. The van der Waals surface area contributed by atoms with Gasteiger partial charge in [0.1, 0.15) is 0 Å². The Kier molecular flexibility index (Phi) is 3.63. The standard InChI is InChI=1S/C11H16N2O/c1-4-13(10(3)14)8-11-6-5-7-12-9(11)2/h5-7H,4,8H2,1-3H3. The van der Waals surface area contributed by atoms with E-state index in [0.29, 0.717) is 6.54 Å². The van der Waals surface area contributed by atoms with Gasteiger partial charge >= 0.3 is 0 Å². The van der Waals surface area contributed by atoms with Crippen molar-refractivity contribution >= 4 is 5.91 Å². The van der Waals surface area contributed by atoms with Gasteiger partial charge in [-0.05, 0) is 25.5 Å². The van der Waals surface area contributed by atoms with Gasteiger partial charge in [0.2, 0.25) is 5.91 Å². The summed E-state index contributed by atoms with van der Waals surface area (Å²) >= 11 is 0. The third-order valence-electron chi connectivity index (χ3n) is 2.30. The van der Waals surface area contributed by atoms with E-state index in [2.05, 4.69) is 4.98 Å². The quantitative estimate of drug-likeness (QED) is 0.731. The molecule has 0 aliphatic rings. The van der Waals surface area contributed by atoms with E-state index in [4.69, 9.17) is 0 Å². The molecule has 0 unspecified atom stereocenters. The van der Waals surface area contributed by atoms with Gasteiger partial charge in [0, 0.05) is 31.9 Å². The van der Waals surface area contributed by atoms with Gasteiger partial charge in [-0.25, -0.2) is 0 Å². The van der Waals surface area contributed by atoms with Gasteiger partial charge in [0.05, 0.1) is 0 Å². The van der Waals surface area contributed by atoms with Crippen LogP contribution >= 0.6 is 0 Å². The van der Waals surface area contributed by atoms with Gasteiger partial charge in [0.25, 0.3) is 0 Å². The normalized spacial score (nSPS) is 9.93. The van der Waals surface area contributed by atoms with E-state index in [1.807, 2.05) is 26.0 Å². The lowest BCUT2D eigenvalue weighted by Gasteiger charge is -2.19. The summed E-state index contributed by atoms with van der Waals surface area (Å²) in [6.45, 7) is 6.93. The molecule has 1 rings (SSSR count). The molecule has 0 radical (unpaired) electrons. The van der Waals surface area contributed by atoms with Crippen LogP contribution in [0.2, 0.25) is 0 Å². The fraction of sp³-hybridized carbons (Fsp3) is 0.455. The van der Waals surface area contributed by atoms with Crippen LogP contribution in [0, 0.1) is 6.92 Å². The fourth-order valence-electron chi connectivity index (χ4n) is 1.34. The minimum absolute atomic E-state index is 0.107. The Morgan fingerprint density at radius 1 is 1.57 bits per heavy atom. The van der Waals surface area contributed by atoms with Crippen LogP contribution in [0.3, 0.4) is 0 Å². The molecule has 76 valence electrons. The average molecular weight is 192 g/mol. The van der Waals surface area contributed by atoms with Crippen molar-refractivity contribution in [2.45, 2.75) is 27.3 Å². The zero-order valence-corrected chi connectivity index (χ0v) is 8.95. The minimum atomic E-state index is 0.107. The highest BCUT2D eigenvalue weighted by Crippen LogP contribution is 2.07. The molecule has 1 amide bonds. The molecule has 0 fully saturated rings. The molecule has 0 saturated heterocycles. The number of pyridine rings is 1. The van der Waals surface area contributed by atoms with Crippen molar-refractivity contribution < 1.29 is 4.79 Å². The van der Waals surface area contributed by atoms with E-state index < -0.39 is 0 Å². The maximum Gasteiger partial charge on any atom is 0.219 e. The number of amides is 1. The number of rotatable bonds is 3. The van der Waals surface area contributed by atoms with Crippen LogP contribution in [0.15, 0.2) is 18.3 Å². The van der Waals surface area contributed by atoms with Crippen molar-refractivity contribution in [3.63, 3.8) is 0 Å². The van der Waals surface area contributed by atoms with E-state index in [1.165, 1.54) is 0 Å². The third kappa shape index (κ3) is 2.55. The van der Waals surface area contributed by atoms with Crippen LogP contribution < -0.4 is 0 Å². The first kappa shape index (κ1) is 10.7. The van der Waals surface area contributed by atoms with E-state index in [-0.39, 0.29) is 5.91 Å². The van der Waals surface area contributed by atoms with E-state index >= 15 is 0 Å². The molecule has 0 atom stereocenters. The smallest absolute Gasteiger partial charge is 0.219 e. The molecule has 0 aromatic carbocycles.